The normalized spacial score (nSPS) is 20.1. The van der Waals surface area contributed by atoms with Crippen molar-refractivity contribution in [2.45, 2.75) is 63.4 Å². The Morgan fingerprint density at radius 1 is 1.13 bits per heavy atom. The van der Waals surface area contributed by atoms with Gasteiger partial charge in [-0.1, -0.05) is 48.7 Å². The summed E-state index contributed by atoms with van der Waals surface area (Å²) in [6.07, 6.45) is 9.86. The van der Waals surface area contributed by atoms with Gasteiger partial charge in [-0.25, -0.2) is 13.9 Å². The highest BCUT2D eigenvalue weighted by Gasteiger charge is 2.46. The molecule has 2 aromatic carbocycles. The molecule has 1 N–H and O–H groups in total. The summed E-state index contributed by atoms with van der Waals surface area (Å²) in [6, 6.07) is 12.6. The zero-order valence-electron chi connectivity index (χ0n) is 22.1. The molecule has 0 bridgehead atoms. The molecule has 2 heterocycles. The van der Waals surface area contributed by atoms with Crippen LogP contribution < -0.4 is 4.74 Å². The minimum atomic E-state index is -1.03. The first-order valence-electron chi connectivity index (χ1n) is 13.6. The fourth-order valence-electron chi connectivity index (χ4n) is 5.97. The number of carboxylic acids is 1. The molecule has 2 saturated carbocycles. The molecule has 9 heteroatoms. The fraction of sp³-hybridized carbons (Fsp3) is 0.400. The van der Waals surface area contributed by atoms with Crippen LogP contribution in [0.3, 0.4) is 0 Å². The molecule has 0 spiro atoms. The Bertz CT molecular complexity index is 1510. The molecule has 8 nitrogen and oxygen atoms in total. The minimum Gasteiger partial charge on any atom is -0.487 e. The topological polar surface area (TPSA) is 95.1 Å². The lowest BCUT2D eigenvalue weighted by atomic mass is 9.86. The summed E-state index contributed by atoms with van der Waals surface area (Å²) >= 11 is 0. The van der Waals surface area contributed by atoms with Gasteiger partial charge in [0, 0.05) is 30.6 Å². The van der Waals surface area contributed by atoms with Gasteiger partial charge in [-0.05, 0) is 55.9 Å². The number of halogens is 1. The quantitative estimate of drug-likeness (QED) is 0.295. The number of aromatic carboxylic acids is 1. The van der Waals surface area contributed by atoms with Crippen molar-refractivity contribution in [3.63, 3.8) is 0 Å². The summed E-state index contributed by atoms with van der Waals surface area (Å²) in [5, 5.41) is 22.6. The van der Waals surface area contributed by atoms with E-state index in [0.29, 0.717) is 28.4 Å². The van der Waals surface area contributed by atoms with E-state index in [1.165, 1.54) is 25.5 Å². The maximum absolute atomic E-state index is 15.7. The van der Waals surface area contributed by atoms with Crippen molar-refractivity contribution < 1.29 is 19.0 Å². The summed E-state index contributed by atoms with van der Waals surface area (Å²) in [4.78, 5) is 12.1. The summed E-state index contributed by atoms with van der Waals surface area (Å²) in [6.45, 7) is 2.04. The number of hydrogen-bond acceptors (Lipinski definition) is 5. The summed E-state index contributed by atoms with van der Waals surface area (Å²) in [5.74, 6) is -0.690. The van der Waals surface area contributed by atoms with Gasteiger partial charge in [0.25, 0.3) is 0 Å². The number of nitrogens with zero attached hydrogens (tertiary/aromatic N) is 5. The lowest BCUT2D eigenvalue weighted by molar-refractivity contribution is 0.0695. The SMILES string of the molecule is C[C@H](Oc1cccc(-c2cccc(-n3ncc(C(=O)O)c3[C@@H]3C[C@H]3c3cn(C)nn3)c2)c1F)C1CCCCC1. The van der Waals surface area contributed by atoms with Gasteiger partial charge < -0.3 is 9.84 Å². The van der Waals surface area contributed by atoms with Gasteiger partial charge in [0.2, 0.25) is 0 Å². The third-order valence-corrected chi connectivity index (χ3v) is 8.17. The molecule has 0 unspecified atom stereocenters. The Morgan fingerprint density at radius 3 is 2.67 bits per heavy atom. The van der Waals surface area contributed by atoms with Gasteiger partial charge in [-0.2, -0.15) is 5.10 Å². The number of ether oxygens (including phenoxy) is 1. The maximum Gasteiger partial charge on any atom is 0.339 e. The van der Waals surface area contributed by atoms with Crippen LogP contribution in [0.15, 0.2) is 54.9 Å². The van der Waals surface area contributed by atoms with Crippen LogP contribution in [0.4, 0.5) is 4.39 Å². The molecule has 3 atom stereocenters. The Balaban J connectivity index is 1.31. The molecule has 2 fully saturated rings. The molecule has 0 amide bonds. The average Bonchev–Trinajstić information content (AvgIpc) is 3.39. The van der Waals surface area contributed by atoms with Crippen LogP contribution in [0.2, 0.25) is 0 Å². The van der Waals surface area contributed by atoms with E-state index in [9.17, 15) is 9.90 Å². The summed E-state index contributed by atoms with van der Waals surface area (Å²) in [5.41, 5.74) is 3.38. The van der Waals surface area contributed by atoms with Crippen LogP contribution in [-0.4, -0.2) is 42.0 Å². The van der Waals surface area contributed by atoms with E-state index in [1.54, 1.807) is 21.5 Å². The molecular formula is C30H32FN5O3. The number of carbonyl (C=O) groups is 1. The zero-order chi connectivity index (χ0) is 27.1. The highest BCUT2D eigenvalue weighted by Crippen LogP contribution is 2.55. The molecule has 6 rings (SSSR count). The van der Waals surface area contributed by atoms with Crippen molar-refractivity contribution >= 4 is 5.97 Å². The van der Waals surface area contributed by atoms with Crippen LogP contribution in [0.1, 0.15) is 79.0 Å². The first-order chi connectivity index (χ1) is 18.9. The molecule has 202 valence electrons. The number of benzene rings is 2. The lowest BCUT2D eigenvalue weighted by Crippen LogP contribution is -2.26. The first-order valence-corrected chi connectivity index (χ1v) is 13.6. The third-order valence-electron chi connectivity index (χ3n) is 8.17. The van der Waals surface area contributed by atoms with Gasteiger partial charge in [0.15, 0.2) is 11.6 Å². The molecule has 0 radical (unpaired) electrons. The van der Waals surface area contributed by atoms with Gasteiger partial charge in [0.05, 0.1) is 29.4 Å². The molecular weight excluding hydrogens is 497 g/mol. The smallest absolute Gasteiger partial charge is 0.339 e. The standard InChI is InChI=1S/C30H32FN5O3/c1-18(19-8-4-3-5-9-19)39-27-13-7-12-22(28(27)31)20-10-6-11-21(14-20)36-29(25(16-32-36)30(37)38)24-15-23(24)26-17-35(2)34-33-26/h6-7,10-14,16-19,23-24H,3-5,8-9,15H2,1-2H3,(H,37,38)/t18-,23+,24+/m0/s1. The predicted octanol–water partition coefficient (Wildman–Crippen LogP) is 6.12. The van der Waals surface area contributed by atoms with Gasteiger partial charge in [-0.3, -0.25) is 4.68 Å². The highest BCUT2D eigenvalue weighted by atomic mass is 19.1. The van der Waals surface area contributed by atoms with Gasteiger partial charge in [0.1, 0.15) is 5.56 Å². The van der Waals surface area contributed by atoms with Crippen molar-refractivity contribution in [3.8, 4) is 22.6 Å². The number of aryl methyl sites for hydroxylation is 1. The third kappa shape index (κ3) is 4.93. The monoisotopic (exact) mass is 529 g/mol. The second-order valence-electron chi connectivity index (χ2n) is 10.8. The van der Waals surface area contributed by atoms with Crippen LogP contribution >= 0.6 is 0 Å². The molecule has 4 aromatic rings. The van der Waals surface area contributed by atoms with E-state index < -0.39 is 11.8 Å². The van der Waals surface area contributed by atoms with Crippen molar-refractivity contribution in [3.05, 3.63) is 77.6 Å². The Hall–Kier alpha value is -4.01. The van der Waals surface area contributed by atoms with E-state index >= 15 is 4.39 Å². The zero-order valence-corrected chi connectivity index (χ0v) is 22.1. The second kappa shape index (κ2) is 10.3. The molecule has 2 aromatic heterocycles. The van der Waals surface area contributed by atoms with E-state index in [2.05, 4.69) is 15.4 Å². The lowest BCUT2D eigenvalue weighted by Gasteiger charge is -2.28. The van der Waals surface area contributed by atoms with Gasteiger partial charge >= 0.3 is 5.97 Å². The first kappa shape index (κ1) is 25.3. The van der Waals surface area contributed by atoms with E-state index in [1.807, 2.05) is 50.5 Å². The summed E-state index contributed by atoms with van der Waals surface area (Å²) in [7, 11) is 1.81. The number of aromatic nitrogens is 5. The van der Waals surface area contributed by atoms with Crippen LogP contribution in [0, 0.1) is 11.7 Å². The van der Waals surface area contributed by atoms with Crippen LogP contribution in [-0.2, 0) is 7.05 Å². The Labute approximate surface area is 226 Å². The van der Waals surface area contributed by atoms with Crippen molar-refractivity contribution in [1.82, 2.24) is 24.8 Å². The summed E-state index contributed by atoms with van der Waals surface area (Å²) < 4.78 is 25.2. The van der Waals surface area contributed by atoms with Gasteiger partial charge in [-0.15, -0.1) is 5.10 Å². The number of hydrogen-bond donors (Lipinski definition) is 1. The number of carboxylic acid groups (broad SMARTS) is 1. The molecule has 2 aliphatic carbocycles. The number of rotatable bonds is 8. The molecule has 0 saturated heterocycles. The van der Waals surface area contributed by atoms with Crippen molar-refractivity contribution in [2.75, 3.05) is 0 Å². The molecule has 39 heavy (non-hydrogen) atoms. The van der Waals surface area contributed by atoms with Crippen LogP contribution in [0.5, 0.6) is 5.75 Å². The largest absolute Gasteiger partial charge is 0.487 e. The minimum absolute atomic E-state index is 0.0475. The molecule has 0 aliphatic heterocycles. The highest BCUT2D eigenvalue weighted by molar-refractivity contribution is 5.89. The van der Waals surface area contributed by atoms with Crippen LogP contribution in [0.25, 0.3) is 16.8 Å². The van der Waals surface area contributed by atoms with Crippen molar-refractivity contribution in [1.29, 1.82) is 0 Å². The Morgan fingerprint density at radius 2 is 1.92 bits per heavy atom. The van der Waals surface area contributed by atoms with Crippen molar-refractivity contribution in [2.24, 2.45) is 13.0 Å². The average molecular weight is 530 g/mol. The molecule has 2 aliphatic rings. The van der Waals surface area contributed by atoms with E-state index in [-0.39, 0.29) is 29.3 Å². The fourth-order valence-corrected chi connectivity index (χ4v) is 5.97. The van der Waals surface area contributed by atoms with E-state index in [0.717, 1.165) is 25.0 Å². The second-order valence-corrected chi connectivity index (χ2v) is 10.8. The van der Waals surface area contributed by atoms with E-state index in [4.69, 9.17) is 4.74 Å². The Kier molecular flexibility index (Phi) is 6.66. The predicted molar refractivity (Wildman–Crippen MR) is 144 cm³/mol. The maximum atomic E-state index is 15.7.